The molecule has 5 nitrogen and oxygen atoms in total. The van der Waals surface area contributed by atoms with Crippen LogP contribution in [0.4, 0.5) is 15.8 Å². The lowest BCUT2D eigenvalue weighted by molar-refractivity contribution is -0.124. The Morgan fingerprint density at radius 1 is 1.25 bits per heavy atom. The Hall–Kier alpha value is -2.89. The normalized spacial score (nSPS) is 19.0. The molecule has 1 atom stereocenters. The second-order valence-electron chi connectivity index (χ2n) is 5.84. The van der Waals surface area contributed by atoms with Gasteiger partial charge in [-0.05, 0) is 29.8 Å². The summed E-state index contributed by atoms with van der Waals surface area (Å²) in [7, 11) is 0. The molecule has 2 aromatic rings. The molecule has 0 radical (unpaired) electrons. The molecule has 4 rings (SSSR count). The van der Waals surface area contributed by atoms with Crippen LogP contribution in [0.5, 0.6) is 5.75 Å². The predicted molar refractivity (Wildman–Crippen MR) is 86.7 cm³/mol. The van der Waals surface area contributed by atoms with Gasteiger partial charge in [0.15, 0.2) is 0 Å². The molecule has 2 aromatic carbocycles. The first kappa shape index (κ1) is 14.7. The summed E-state index contributed by atoms with van der Waals surface area (Å²) in [5.74, 6) is -0.877. The van der Waals surface area contributed by atoms with Gasteiger partial charge in [-0.1, -0.05) is 18.2 Å². The van der Waals surface area contributed by atoms with E-state index < -0.39 is 11.7 Å². The van der Waals surface area contributed by atoms with Crippen molar-refractivity contribution in [2.24, 2.45) is 0 Å². The molecule has 0 aromatic heterocycles. The first-order valence-corrected chi connectivity index (χ1v) is 7.76. The fourth-order valence-corrected chi connectivity index (χ4v) is 3.24. The maximum Gasteiger partial charge on any atom is 0.235 e. The zero-order chi connectivity index (χ0) is 16.7. The van der Waals surface area contributed by atoms with Gasteiger partial charge in [0.2, 0.25) is 11.8 Å². The number of carbonyl (C=O) groups excluding carboxylic acids is 2. The molecule has 2 aliphatic rings. The van der Waals surface area contributed by atoms with Gasteiger partial charge in [0, 0.05) is 12.1 Å². The topological polar surface area (TPSA) is 58.6 Å². The van der Waals surface area contributed by atoms with Crippen molar-refractivity contribution in [2.45, 2.75) is 12.3 Å². The fourth-order valence-electron chi connectivity index (χ4n) is 3.24. The molecule has 6 heteroatoms. The highest BCUT2D eigenvalue weighted by molar-refractivity contribution is 6.06. The van der Waals surface area contributed by atoms with E-state index in [-0.39, 0.29) is 18.2 Å². The SMILES string of the molecule is O=C1C[C@H](C(=O)N2CCOc3ccccc32)c2ccc(F)cc2N1. The van der Waals surface area contributed by atoms with E-state index in [2.05, 4.69) is 5.32 Å². The molecule has 2 aliphatic heterocycles. The second-order valence-corrected chi connectivity index (χ2v) is 5.84. The predicted octanol–water partition coefficient (Wildman–Crippen LogP) is 2.68. The van der Waals surface area contributed by atoms with Crippen molar-refractivity contribution in [3.05, 3.63) is 53.8 Å². The number of nitrogens with zero attached hydrogens (tertiary/aromatic N) is 1. The molecule has 0 saturated heterocycles. The molecule has 2 heterocycles. The van der Waals surface area contributed by atoms with Gasteiger partial charge in [-0.2, -0.15) is 0 Å². The zero-order valence-corrected chi connectivity index (χ0v) is 12.8. The third-order valence-electron chi connectivity index (χ3n) is 4.35. The van der Waals surface area contributed by atoms with Crippen molar-refractivity contribution >= 4 is 23.2 Å². The van der Waals surface area contributed by atoms with Crippen molar-refractivity contribution in [2.75, 3.05) is 23.4 Å². The zero-order valence-electron chi connectivity index (χ0n) is 12.8. The monoisotopic (exact) mass is 326 g/mol. The minimum absolute atomic E-state index is 0.0526. The number of hydrogen-bond donors (Lipinski definition) is 1. The Labute approximate surface area is 138 Å². The van der Waals surface area contributed by atoms with Gasteiger partial charge >= 0.3 is 0 Å². The van der Waals surface area contributed by atoms with Crippen LogP contribution in [0, 0.1) is 5.82 Å². The average molecular weight is 326 g/mol. The molecule has 1 N–H and O–H groups in total. The molecule has 24 heavy (non-hydrogen) atoms. The van der Waals surface area contributed by atoms with Gasteiger partial charge in [0.1, 0.15) is 18.2 Å². The molecule has 0 saturated carbocycles. The third kappa shape index (κ3) is 2.40. The molecule has 0 spiro atoms. The van der Waals surface area contributed by atoms with E-state index in [0.29, 0.717) is 35.8 Å². The highest BCUT2D eigenvalue weighted by atomic mass is 19.1. The van der Waals surface area contributed by atoms with Crippen LogP contribution in [-0.4, -0.2) is 25.0 Å². The first-order chi connectivity index (χ1) is 11.6. The largest absolute Gasteiger partial charge is 0.490 e. The average Bonchev–Trinajstić information content (AvgIpc) is 2.59. The summed E-state index contributed by atoms with van der Waals surface area (Å²) in [6, 6.07) is 11.4. The number of hydrogen-bond acceptors (Lipinski definition) is 3. The van der Waals surface area contributed by atoms with E-state index in [9.17, 15) is 14.0 Å². The number of halogens is 1. The molecule has 0 aliphatic carbocycles. The van der Waals surface area contributed by atoms with Gasteiger partial charge in [-0.25, -0.2) is 4.39 Å². The lowest BCUT2D eigenvalue weighted by Crippen LogP contribution is -2.42. The number of ether oxygens (including phenoxy) is 1. The van der Waals surface area contributed by atoms with Gasteiger partial charge in [-0.15, -0.1) is 0 Å². The standard InChI is InChI=1S/C18H15FN2O3/c19-11-5-6-12-13(10-17(22)20-14(12)9-11)18(23)21-7-8-24-16-4-2-1-3-15(16)21/h1-6,9,13H,7-8,10H2,(H,20,22)/t13-/m0/s1. The number of nitrogens with one attached hydrogen (secondary N) is 1. The number of rotatable bonds is 1. The Morgan fingerprint density at radius 3 is 2.96 bits per heavy atom. The molecule has 0 unspecified atom stereocenters. The van der Waals surface area contributed by atoms with Crippen LogP contribution >= 0.6 is 0 Å². The number of benzene rings is 2. The van der Waals surface area contributed by atoms with Crippen molar-refractivity contribution in [3.8, 4) is 5.75 Å². The molecule has 122 valence electrons. The molecule has 2 amide bonds. The summed E-state index contributed by atoms with van der Waals surface area (Å²) < 4.78 is 19.0. The van der Waals surface area contributed by atoms with Crippen LogP contribution in [0.15, 0.2) is 42.5 Å². The van der Waals surface area contributed by atoms with Gasteiger partial charge in [-0.3, -0.25) is 9.59 Å². The molecular formula is C18H15FN2O3. The summed E-state index contributed by atoms with van der Waals surface area (Å²) in [6.45, 7) is 0.822. The summed E-state index contributed by atoms with van der Waals surface area (Å²) in [6.07, 6.45) is 0.0526. The first-order valence-electron chi connectivity index (χ1n) is 7.76. The van der Waals surface area contributed by atoms with Crippen LogP contribution in [0.1, 0.15) is 17.9 Å². The quantitative estimate of drug-likeness (QED) is 0.876. The minimum Gasteiger partial charge on any atom is -0.490 e. The van der Waals surface area contributed by atoms with Crippen LogP contribution in [-0.2, 0) is 9.59 Å². The maximum absolute atomic E-state index is 13.4. The van der Waals surface area contributed by atoms with E-state index in [1.54, 1.807) is 11.0 Å². The Morgan fingerprint density at radius 2 is 2.08 bits per heavy atom. The summed E-state index contributed by atoms with van der Waals surface area (Å²) in [4.78, 5) is 26.7. The summed E-state index contributed by atoms with van der Waals surface area (Å²) >= 11 is 0. The van der Waals surface area contributed by atoms with E-state index >= 15 is 0 Å². The van der Waals surface area contributed by atoms with Crippen molar-refractivity contribution in [3.63, 3.8) is 0 Å². The van der Waals surface area contributed by atoms with E-state index in [1.165, 1.54) is 12.1 Å². The van der Waals surface area contributed by atoms with Crippen molar-refractivity contribution in [1.29, 1.82) is 0 Å². The highest BCUT2D eigenvalue weighted by Gasteiger charge is 2.35. The number of carbonyl (C=O) groups is 2. The lowest BCUT2D eigenvalue weighted by atomic mass is 9.89. The number of fused-ring (bicyclic) bond motifs is 2. The Bertz CT molecular complexity index is 837. The van der Waals surface area contributed by atoms with Crippen molar-refractivity contribution < 1.29 is 18.7 Å². The van der Waals surface area contributed by atoms with Crippen LogP contribution in [0.2, 0.25) is 0 Å². The van der Waals surface area contributed by atoms with Crippen LogP contribution in [0.25, 0.3) is 0 Å². The second kappa shape index (κ2) is 5.63. The van der Waals surface area contributed by atoms with Gasteiger partial charge in [0.05, 0.1) is 18.2 Å². The van der Waals surface area contributed by atoms with E-state index in [0.717, 1.165) is 0 Å². The Kier molecular flexibility index (Phi) is 3.45. The molecule has 0 bridgehead atoms. The van der Waals surface area contributed by atoms with Crippen molar-refractivity contribution in [1.82, 2.24) is 0 Å². The van der Waals surface area contributed by atoms with E-state index in [1.807, 2.05) is 24.3 Å². The minimum atomic E-state index is -0.625. The van der Waals surface area contributed by atoms with Crippen LogP contribution in [0.3, 0.4) is 0 Å². The fraction of sp³-hybridized carbons (Fsp3) is 0.222. The smallest absolute Gasteiger partial charge is 0.235 e. The third-order valence-corrected chi connectivity index (χ3v) is 4.35. The number of para-hydroxylation sites is 2. The maximum atomic E-state index is 13.4. The van der Waals surface area contributed by atoms with Crippen LogP contribution < -0.4 is 15.0 Å². The van der Waals surface area contributed by atoms with E-state index in [4.69, 9.17) is 4.74 Å². The molecule has 0 fully saturated rings. The summed E-state index contributed by atoms with van der Waals surface area (Å²) in [5, 5.41) is 2.63. The highest BCUT2D eigenvalue weighted by Crippen LogP contribution is 2.38. The summed E-state index contributed by atoms with van der Waals surface area (Å²) in [5.41, 5.74) is 1.71. The Balaban J connectivity index is 1.73. The number of amides is 2. The van der Waals surface area contributed by atoms with Gasteiger partial charge in [0.25, 0.3) is 0 Å². The lowest BCUT2D eigenvalue weighted by Gasteiger charge is -2.34. The van der Waals surface area contributed by atoms with Gasteiger partial charge < -0.3 is 15.0 Å². The molecular weight excluding hydrogens is 311 g/mol. The number of anilines is 2.